The predicted molar refractivity (Wildman–Crippen MR) is 85.4 cm³/mol. The van der Waals surface area contributed by atoms with Crippen LogP contribution >= 0.6 is 15.9 Å². The summed E-state index contributed by atoms with van der Waals surface area (Å²) in [6.07, 6.45) is 1.45. The molecule has 3 N–H and O–H groups in total. The van der Waals surface area contributed by atoms with E-state index >= 15 is 0 Å². The summed E-state index contributed by atoms with van der Waals surface area (Å²) in [5, 5.41) is 20.2. The van der Waals surface area contributed by atoms with Crippen LogP contribution in [-0.4, -0.2) is 34.0 Å². The van der Waals surface area contributed by atoms with Gasteiger partial charge in [-0.25, -0.2) is 5.43 Å². The molecule has 1 amide bonds. The van der Waals surface area contributed by atoms with Gasteiger partial charge in [-0.3, -0.25) is 9.89 Å². The van der Waals surface area contributed by atoms with E-state index in [1.165, 1.54) is 6.21 Å². The Labute approximate surface area is 135 Å². The highest BCUT2D eigenvalue weighted by Crippen LogP contribution is 2.34. The zero-order chi connectivity index (χ0) is 16.1. The maximum absolute atomic E-state index is 11.8. The highest BCUT2D eigenvalue weighted by atomic mass is 79.9. The van der Waals surface area contributed by atoms with Crippen molar-refractivity contribution < 1.29 is 14.6 Å². The molecule has 0 atom stereocenters. The minimum atomic E-state index is -0.413. The summed E-state index contributed by atoms with van der Waals surface area (Å²) in [7, 11) is 0. The number of carbonyl (C=O) groups excluding carboxylic acids is 1. The Morgan fingerprint density at radius 2 is 2.32 bits per heavy atom. The quantitative estimate of drug-likeness (QED) is 0.558. The van der Waals surface area contributed by atoms with Crippen molar-refractivity contribution in [3.63, 3.8) is 0 Å². The Kier molecular flexibility index (Phi) is 5.16. The molecule has 0 radical (unpaired) electrons. The first-order chi connectivity index (χ1) is 10.5. The number of aryl methyl sites for hydroxylation is 1. The van der Waals surface area contributed by atoms with Crippen LogP contribution < -0.4 is 10.2 Å². The number of aromatic hydroxyl groups is 1. The number of phenolic OH excluding ortho intramolecular Hbond substituents is 1. The van der Waals surface area contributed by atoms with E-state index in [1.807, 2.05) is 6.92 Å². The molecule has 22 heavy (non-hydrogen) atoms. The highest BCUT2D eigenvalue weighted by molar-refractivity contribution is 9.10. The number of phenols is 1. The third kappa shape index (κ3) is 3.85. The van der Waals surface area contributed by atoms with Gasteiger partial charge in [0.2, 0.25) is 0 Å². The molecule has 0 bridgehead atoms. The number of rotatable bonds is 5. The minimum absolute atomic E-state index is 0.0232. The van der Waals surface area contributed by atoms with Gasteiger partial charge in [0.25, 0.3) is 5.91 Å². The first kappa shape index (κ1) is 16.0. The van der Waals surface area contributed by atoms with Crippen LogP contribution in [0.2, 0.25) is 0 Å². The maximum Gasteiger partial charge on any atom is 0.291 e. The monoisotopic (exact) mass is 366 g/mol. The van der Waals surface area contributed by atoms with Gasteiger partial charge >= 0.3 is 0 Å². The van der Waals surface area contributed by atoms with Gasteiger partial charge in [0, 0.05) is 5.69 Å². The number of hydrogen-bond donors (Lipinski definition) is 3. The van der Waals surface area contributed by atoms with Gasteiger partial charge in [0.15, 0.2) is 17.2 Å². The van der Waals surface area contributed by atoms with Crippen LogP contribution in [0.1, 0.15) is 28.7 Å². The van der Waals surface area contributed by atoms with Crippen LogP contribution in [0.5, 0.6) is 11.5 Å². The molecule has 0 spiro atoms. The van der Waals surface area contributed by atoms with E-state index in [0.29, 0.717) is 22.4 Å². The first-order valence-corrected chi connectivity index (χ1v) is 7.31. The number of H-pyrrole nitrogens is 1. The number of nitrogens with one attached hydrogen (secondary N) is 2. The number of ether oxygens (including phenoxy) is 1. The molecular weight excluding hydrogens is 352 g/mol. The van der Waals surface area contributed by atoms with Gasteiger partial charge in [-0.05, 0) is 53.5 Å². The largest absolute Gasteiger partial charge is 0.503 e. The Morgan fingerprint density at radius 3 is 2.95 bits per heavy atom. The predicted octanol–water partition coefficient (Wildman–Crippen LogP) is 2.35. The molecular formula is C14H15BrN4O3. The van der Waals surface area contributed by atoms with Gasteiger partial charge in [-0.15, -0.1) is 0 Å². The Morgan fingerprint density at radius 1 is 1.55 bits per heavy atom. The average molecular weight is 367 g/mol. The second-order valence-electron chi connectivity index (χ2n) is 4.42. The number of hydrazone groups is 1. The van der Waals surface area contributed by atoms with Gasteiger partial charge in [0.05, 0.1) is 17.3 Å². The van der Waals surface area contributed by atoms with Crippen LogP contribution in [0.3, 0.4) is 0 Å². The lowest BCUT2D eigenvalue weighted by Gasteiger charge is -2.08. The third-order valence-corrected chi connectivity index (χ3v) is 3.27. The summed E-state index contributed by atoms with van der Waals surface area (Å²) in [4.78, 5) is 11.8. The summed E-state index contributed by atoms with van der Waals surface area (Å²) < 4.78 is 5.80. The number of halogens is 1. The van der Waals surface area contributed by atoms with Crippen LogP contribution in [0, 0.1) is 6.92 Å². The average Bonchev–Trinajstić information content (AvgIpc) is 2.91. The molecule has 0 aliphatic rings. The molecule has 2 aromatic rings. The number of aromatic amines is 1. The van der Waals surface area contributed by atoms with Crippen molar-refractivity contribution in [2.45, 2.75) is 13.8 Å². The zero-order valence-corrected chi connectivity index (χ0v) is 13.6. The molecule has 0 saturated heterocycles. The molecule has 8 heteroatoms. The normalized spacial score (nSPS) is 10.9. The van der Waals surface area contributed by atoms with E-state index in [9.17, 15) is 9.90 Å². The standard InChI is InChI=1S/C14H15BrN4O3/c1-3-22-12-6-9(5-10(15)13(12)20)7-16-19-14(21)11-4-8(2)17-18-11/h4-7,20H,3H2,1-2H3,(H,17,18)(H,19,21)/b16-7+. The lowest BCUT2D eigenvalue weighted by molar-refractivity contribution is 0.0950. The topological polar surface area (TPSA) is 99.6 Å². The number of amides is 1. The van der Waals surface area contributed by atoms with Crippen molar-refractivity contribution in [1.82, 2.24) is 15.6 Å². The SMILES string of the molecule is CCOc1cc(/C=N/NC(=O)c2cc(C)[nH]n2)cc(Br)c1O. The van der Waals surface area contributed by atoms with Crippen LogP contribution in [0.4, 0.5) is 0 Å². The second-order valence-corrected chi connectivity index (χ2v) is 5.27. The molecule has 1 aromatic carbocycles. The van der Waals surface area contributed by atoms with E-state index in [1.54, 1.807) is 25.1 Å². The van der Waals surface area contributed by atoms with Crippen molar-refractivity contribution in [1.29, 1.82) is 0 Å². The first-order valence-electron chi connectivity index (χ1n) is 6.52. The van der Waals surface area contributed by atoms with Crippen molar-refractivity contribution in [3.05, 3.63) is 39.6 Å². The van der Waals surface area contributed by atoms with Crippen molar-refractivity contribution in [3.8, 4) is 11.5 Å². The van der Waals surface area contributed by atoms with E-state index in [4.69, 9.17) is 4.74 Å². The van der Waals surface area contributed by atoms with Crippen LogP contribution in [0.15, 0.2) is 27.8 Å². The lowest BCUT2D eigenvalue weighted by atomic mass is 10.2. The lowest BCUT2D eigenvalue weighted by Crippen LogP contribution is -2.18. The van der Waals surface area contributed by atoms with Gasteiger partial charge in [-0.1, -0.05) is 0 Å². The number of carbonyl (C=O) groups is 1. The van der Waals surface area contributed by atoms with E-state index < -0.39 is 5.91 Å². The van der Waals surface area contributed by atoms with Gasteiger partial charge in [-0.2, -0.15) is 10.2 Å². The fourth-order valence-electron chi connectivity index (χ4n) is 1.69. The molecule has 0 aliphatic carbocycles. The highest BCUT2D eigenvalue weighted by Gasteiger charge is 2.09. The fourth-order valence-corrected chi connectivity index (χ4v) is 2.15. The summed E-state index contributed by atoms with van der Waals surface area (Å²) in [6.45, 7) is 4.05. The molecule has 7 nitrogen and oxygen atoms in total. The fraction of sp³-hybridized carbons (Fsp3) is 0.214. The zero-order valence-electron chi connectivity index (χ0n) is 12.1. The van der Waals surface area contributed by atoms with Crippen LogP contribution in [0.25, 0.3) is 0 Å². The molecule has 0 aliphatic heterocycles. The molecule has 116 valence electrons. The van der Waals surface area contributed by atoms with E-state index in [-0.39, 0.29) is 11.4 Å². The molecule has 0 saturated carbocycles. The minimum Gasteiger partial charge on any atom is -0.503 e. The Bertz CT molecular complexity index is 712. The van der Waals surface area contributed by atoms with Crippen LogP contribution in [-0.2, 0) is 0 Å². The summed E-state index contributed by atoms with van der Waals surface area (Å²) >= 11 is 3.23. The third-order valence-electron chi connectivity index (χ3n) is 2.67. The molecule has 0 fully saturated rings. The summed E-state index contributed by atoms with van der Waals surface area (Å²) in [5.41, 5.74) is 4.09. The van der Waals surface area contributed by atoms with Crippen molar-refractivity contribution in [2.75, 3.05) is 6.61 Å². The number of aromatic nitrogens is 2. The van der Waals surface area contributed by atoms with Crippen molar-refractivity contribution >= 4 is 28.1 Å². The number of hydrogen-bond acceptors (Lipinski definition) is 5. The number of nitrogens with zero attached hydrogens (tertiary/aromatic N) is 2. The summed E-state index contributed by atoms with van der Waals surface area (Å²) in [6, 6.07) is 4.90. The second kappa shape index (κ2) is 7.08. The molecule has 2 rings (SSSR count). The molecule has 1 aromatic heterocycles. The van der Waals surface area contributed by atoms with E-state index in [0.717, 1.165) is 5.69 Å². The number of benzene rings is 1. The molecule has 1 heterocycles. The summed E-state index contributed by atoms with van der Waals surface area (Å²) in [5.74, 6) is -0.0499. The van der Waals surface area contributed by atoms with Crippen molar-refractivity contribution in [2.24, 2.45) is 5.10 Å². The maximum atomic E-state index is 11.8. The smallest absolute Gasteiger partial charge is 0.291 e. The van der Waals surface area contributed by atoms with Gasteiger partial charge < -0.3 is 9.84 Å². The van der Waals surface area contributed by atoms with E-state index in [2.05, 4.69) is 36.7 Å². The van der Waals surface area contributed by atoms with Gasteiger partial charge in [0.1, 0.15) is 0 Å². The molecule has 0 unspecified atom stereocenters. The Hall–Kier alpha value is -2.35. The Balaban J connectivity index is 2.08.